The number of hydrogen-bond acceptors (Lipinski definition) is 2. The lowest BCUT2D eigenvalue weighted by Gasteiger charge is -2.10. The number of aromatic nitrogens is 2. The van der Waals surface area contributed by atoms with Gasteiger partial charge >= 0.3 is 0 Å². The van der Waals surface area contributed by atoms with Crippen LogP contribution in [0.2, 0.25) is 0 Å². The van der Waals surface area contributed by atoms with Gasteiger partial charge in [0, 0.05) is 17.9 Å². The van der Waals surface area contributed by atoms with Crippen molar-refractivity contribution in [1.29, 1.82) is 0 Å². The van der Waals surface area contributed by atoms with Crippen LogP contribution in [0.15, 0.2) is 103 Å². The summed E-state index contributed by atoms with van der Waals surface area (Å²) in [5.74, 6) is 0.560. The van der Waals surface area contributed by atoms with E-state index in [4.69, 9.17) is 0 Å². The second-order valence-electron chi connectivity index (χ2n) is 8.90. The smallest absolute Gasteiger partial charge is 0.100 e. The second-order valence-corrected chi connectivity index (χ2v) is 8.90. The van der Waals surface area contributed by atoms with Crippen molar-refractivity contribution in [3.05, 3.63) is 126 Å². The van der Waals surface area contributed by atoms with Gasteiger partial charge in [-0.3, -0.25) is 4.57 Å². The molecule has 0 bridgehead atoms. The van der Waals surface area contributed by atoms with E-state index < -0.39 is 0 Å². The van der Waals surface area contributed by atoms with Crippen molar-refractivity contribution in [1.82, 2.24) is 9.55 Å². The van der Waals surface area contributed by atoms with Crippen LogP contribution in [-0.2, 0) is 13.0 Å². The van der Waals surface area contributed by atoms with Gasteiger partial charge < -0.3 is 5.32 Å². The van der Waals surface area contributed by atoms with Crippen LogP contribution in [0.3, 0.4) is 0 Å². The first-order valence-corrected chi connectivity index (χ1v) is 11.6. The lowest BCUT2D eigenvalue weighted by Crippen LogP contribution is -2.00. The lowest BCUT2D eigenvalue weighted by atomic mass is 10.0. The molecule has 164 valence electrons. The lowest BCUT2D eigenvalue weighted by molar-refractivity contribution is 0.865. The monoisotopic (exact) mass is 431 g/mol. The van der Waals surface area contributed by atoms with E-state index in [-0.39, 0.29) is 0 Å². The maximum atomic E-state index is 4.65. The molecular formula is C30H29N3. The summed E-state index contributed by atoms with van der Waals surface area (Å²) < 4.78 is 2.15. The number of nitrogens with one attached hydrogen (secondary N) is 1. The molecule has 0 saturated carbocycles. The molecule has 1 aromatic heterocycles. The first-order chi connectivity index (χ1) is 16.2. The summed E-state index contributed by atoms with van der Waals surface area (Å²) in [5, 5.41) is 3.53. The highest BCUT2D eigenvalue weighted by molar-refractivity contribution is 5.81. The highest BCUT2D eigenvalue weighted by Gasteiger charge is 2.07. The molecule has 0 aliphatic heterocycles. The SMILES string of the molecule is CC(C)c1ccc(CNc2ccc3c(c2)ncn3-c2ccc(Cc3ccccc3)cc2)cc1. The predicted molar refractivity (Wildman–Crippen MR) is 138 cm³/mol. The van der Waals surface area contributed by atoms with Crippen LogP contribution in [0, 0.1) is 0 Å². The number of rotatable bonds is 7. The Morgan fingerprint density at radius 1 is 0.758 bits per heavy atom. The van der Waals surface area contributed by atoms with E-state index in [1.807, 2.05) is 6.33 Å². The molecule has 5 aromatic rings. The number of anilines is 1. The third-order valence-corrected chi connectivity index (χ3v) is 6.16. The number of benzene rings is 4. The van der Waals surface area contributed by atoms with Crippen molar-refractivity contribution in [3.8, 4) is 5.69 Å². The minimum atomic E-state index is 0.560. The summed E-state index contributed by atoms with van der Waals surface area (Å²) in [6.45, 7) is 5.24. The molecule has 1 N–H and O–H groups in total. The van der Waals surface area contributed by atoms with Crippen LogP contribution in [0.1, 0.15) is 42.0 Å². The number of imidazole rings is 1. The zero-order valence-corrected chi connectivity index (χ0v) is 19.2. The third kappa shape index (κ3) is 4.83. The summed E-state index contributed by atoms with van der Waals surface area (Å²) in [6.07, 6.45) is 2.85. The van der Waals surface area contributed by atoms with Gasteiger partial charge in [-0.1, -0.05) is 80.6 Å². The molecule has 4 aromatic carbocycles. The van der Waals surface area contributed by atoms with Gasteiger partial charge in [0.1, 0.15) is 6.33 Å². The van der Waals surface area contributed by atoms with Gasteiger partial charge in [-0.15, -0.1) is 0 Å². The van der Waals surface area contributed by atoms with Crippen LogP contribution in [0.25, 0.3) is 16.7 Å². The van der Waals surface area contributed by atoms with Crippen molar-refractivity contribution in [3.63, 3.8) is 0 Å². The van der Waals surface area contributed by atoms with Gasteiger partial charge in [0.15, 0.2) is 0 Å². The van der Waals surface area contributed by atoms with Gasteiger partial charge in [-0.2, -0.15) is 0 Å². The summed E-state index contributed by atoms with van der Waals surface area (Å²) in [5.41, 5.74) is 9.59. The van der Waals surface area contributed by atoms with Crippen LogP contribution in [-0.4, -0.2) is 9.55 Å². The van der Waals surface area contributed by atoms with Gasteiger partial charge in [0.2, 0.25) is 0 Å². The molecule has 3 nitrogen and oxygen atoms in total. The fourth-order valence-corrected chi connectivity index (χ4v) is 4.16. The minimum Gasteiger partial charge on any atom is -0.381 e. The number of hydrogen-bond donors (Lipinski definition) is 1. The van der Waals surface area contributed by atoms with Crippen molar-refractivity contribution in [2.24, 2.45) is 0 Å². The standard InChI is InChI=1S/C30H29N3/c1-22(2)26-12-8-25(9-13-26)20-31-27-14-17-30-29(19-27)32-21-33(30)28-15-10-24(11-16-28)18-23-6-4-3-5-7-23/h3-17,19,21-22,31H,18,20H2,1-2H3. The van der Waals surface area contributed by atoms with Crippen molar-refractivity contribution < 1.29 is 0 Å². The van der Waals surface area contributed by atoms with E-state index in [1.54, 1.807) is 0 Å². The summed E-state index contributed by atoms with van der Waals surface area (Å²) in [7, 11) is 0. The maximum absolute atomic E-state index is 4.65. The van der Waals surface area contributed by atoms with Crippen molar-refractivity contribution in [2.75, 3.05) is 5.32 Å². The highest BCUT2D eigenvalue weighted by Crippen LogP contribution is 2.23. The molecule has 33 heavy (non-hydrogen) atoms. The molecule has 0 radical (unpaired) electrons. The third-order valence-electron chi connectivity index (χ3n) is 6.16. The van der Waals surface area contributed by atoms with Crippen molar-refractivity contribution in [2.45, 2.75) is 32.7 Å². The summed E-state index contributed by atoms with van der Waals surface area (Å²) in [6, 6.07) is 34.6. The molecular weight excluding hydrogens is 402 g/mol. The molecule has 0 amide bonds. The van der Waals surface area contributed by atoms with Gasteiger partial charge in [0.25, 0.3) is 0 Å². The molecule has 5 rings (SSSR count). The Hall–Kier alpha value is -3.85. The highest BCUT2D eigenvalue weighted by atomic mass is 15.0. The average molecular weight is 432 g/mol. The first kappa shape index (κ1) is 21.0. The number of fused-ring (bicyclic) bond motifs is 1. The Morgan fingerprint density at radius 3 is 2.18 bits per heavy atom. The molecule has 0 atom stereocenters. The Balaban J connectivity index is 1.29. The Labute approximate surface area is 195 Å². The van der Waals surface area contributed by atoms with Crippen molar-refractivity contribution >= 4 is 16.7 Å². The Bertz CT molecular complexity index is 1330. The van der Waals surface area contributed by atoms with E-state index >= 15 is 0 Å². The molecule has 0 spiro atoms. The molecule has 1 heterocycles. The fraction of sp³-hybridized carbons (Fsp3) is 0.167. The second kappa shape index (κ2) is 9.33. The largest absolute Gasteiger partial charge is 0.381 e. The van der Waals surface area contributed by atoms with Gasteiger partial charge in [-0.25, -0.2) is 4.98 Å². The van der Waals surface area contributed by atoms with E-state index in [1.165, 1.54) is 22.3 Å². The van der Waals surface area contributed by atoms with Crippen LogP contribution >= 0.6 is 0 Å². The Kier molecular flexibility index (Phi) is 5.95. The topological polar surface area (TPSA) is 29.9 Å². The first-order valence-electron chi connectivity index (χ1n) is 11.6. The quantitative estimate of drug-likeness (QED) is 0.292. The zero-order valence-electron chi connectivity index (χ0n) is 19.2. The molecule has 0 saturated heterocycles. The van der Waals surface area contributed by atoms with Crippen LogP contribution in [0.5, 0.6) is 0 Å². The maximum Gasteiger partial charge on any atom is 0.100 e. The molecule has 0 aliphatic rings. The van der Waals surface area contributed by atoms with Crippen LogP contribution in [0.4, 0.5) is 5.69 Å². The average Bonchev–Trinajstić information content (AvgIpc) is 3.27. The van der Waals surface area contributed by atoms with E-state index in [0.717, 1.165) is 35.4 Å². The van der Waals surface area contributed by atoms with E-state index in [0.29, 0.717) is 5.92 Å². The van der Waals surface area contributed by atoms with E-state index in [9.17, 15) is 0 Å². The van der Waals surface area contributed by atoms with Crippen LogP contribution < -0.4 is 5.32 Å². The molecule has 0 unspecified atom stereocenters. The summed E-state index contributed by atoms with van der Waals surface area (Å²) in [4.78, 5) is 4.65. The predicted octanol–water partition coefficient (Wildman–Crippen LogP) is 7.35. The fourth-order valence-electron chi connectivity index (χ4n) is 4.16. The van der Waals surface area contributed by atoms with E-state index in [2.05, 4.69) is 126 Å². The van der Waals surface area contributed by atoms with Gasteiger partial charge in [0.05, 0.1) is 11.0 Å². The minimum absolute atomic E-state index is 0.560. The molecule has 0 aliphatic carbocycles. The number of nitrogens with zero attached hydrogens (tertiary/aromatic N) is 2. The molecule has 3 heteroatoms. The summed E-state index contributed by atoms with van der Waals surface area (Å²) >= 11 is 0. The zero-order chi connectivity index (χ0) is 22.6. The normalized spacial score (nSPS) is 11.2. The Morgan fingerprint density at radius 2 is 1.45 bits per heavy atom. The molecule has 0 fully saturated rings. The van der Waals surface area contributed by atoms with Gasteiger partial charge in [-0.05, 0) is 64.9 Å².